The summed E-state index contributed by atoms with van der Waals surface area (Å²) in [4.78, 5) is 39.6. The second-order valence-electron chi connectivity index (χ2n) is 9.27. The summed E-state index contributed by atoms with van der Waals surface area (Å²) in [5.41, 5.74) is 1.27. The van der Waals surface area contributed by atoms with Crippen LogP contribution in [-0.2, 0) is 10.2 Å². The van der Waals surface area contributed by atoms with Gasteiger partial charge in [-0.1, -0.05) is 6.07 Å². The first kappa shape index (κ1) is 20.1. The van der Waals surface area contributed by atoms with Gasteiger partial charge < -0.3 is 10.6 Å². The first-order valence-corrected chi connectivity index (χ1v) is 11.6. The zero-order valence-electron chi connectivity index (χ0n) is 17.0. The number of nitrogens with zero attached hydrogens (tertiary/aromatic N) is 2. The van der Waals surface area contributed by atoms with Gasteiger partial charge >= 0.3 is 0 Å². The summed E-state index contributed by atoms with van der Waals surface area (Å²) >= 11 is 1.43. The SMILES string of the molecule is O=C(CNC(=O)c1cccc([N+](=O)[O-])c1)Nc1nc(C23CC4CC(CC(C4)C2)C3)cs1. The lowest BCUT2D eigenvalue weighted by Gasteiger charge is -2.56. The Morgan fingerprint density at radius 2 is 1.84 bits per heavy atom. The van der Waals surface area contributed by atoms with Gasteiger partial charge in [-0.25, -0.2) is 4.98 Å². The smallest absolute Gasteiger partial charge is 0.270 e. The van der Waals surface area contributed by atoms with Crippen LogP contribution >= 0.6 is 11.3 Å². The summed E-state index contributed by atoms with van der Waals surface area (Å²) in [6.07, 6.45) is 7.77. The molecule has 0 saturated heterocycles. The molecule has 6 rings (SSSR count). The first-order chi connectivity index (χ1) is 14.9. The van der Waals surface area contributed by atoms with E-state index in [1.165, 1.54) is 74.1 Å². The van der Waals surface area contributed by atoms with Crippen LogP contribution in [-0.4, -0.2) is 28.3 Å². The molecule has 0 radical (unpaired) electrons. The molecule has 2 aromatic rings. The van der Waals surface area contributed by atoms with Crippen molar-refractivity contribution in [3.8, 4) is 0 Å². The van der Waals surface area contributed by atoms with Gasteiger partial charge in [-0.15, -0.1) is 11.3 Å². The molecule has 1 aromatic carbocycles. The van der Waals surface area contributed by atoms with Gasteiger partial charge in [0.15, 0.2) is 5.13 Å². The highest BCUT2D eigenvalue weighted by Gasteiger charge is 2.52. The molecule has 4 aliphatic rings. The number of thiazole rings is 1. The zero-order chi connectivity index (χ0) is 21.6. The predicted octanol–water partition coefficient (Wildman–Crippen LogP) is 3.89. The fourth-order valence-electron chi connectivity index (χ4n) is 6.19. The maximum absolute atomic E-state index is 12.3. The summed E-state index contributed by atoms with van der Waals surface area (Å²) < 4.78 is 0. The lowest BCUT2D eigenvalue weighted by Crippen LogP contribution is -2.48. The molecule has 4 saturated carbocycles. The van der Waals surface area contributed by atoms with Gasteiger partial charge in [0.1, 0.15) is 0 Å². The van der Waals surface area contributed by atoms with E-state index in [1.54, 1.807) is 0 Å². The number of nitro benzene ring substituents is 1. The molecule has 2 N–H and O–H groups in total. The van der Waals surface area contributed by atoms with E-state index >= 15 is 0 Å². The molecule has 162 valence electrons. The topological polar surface area (TPSA) is 114 Å². The van der Waals surface area contributed by atoms with Crippen LogP contribution in [0.1, 0.15) is 54.6 Å². The van der Waals surface area contributed by atoms with Crippen molar-refractivity contribution in [1.82, 2.24) is 10.3 Å². The molecule has 1 aromatic heterocycles. The normalized spacial score (nSPS) is 28.3. The number of benzene rings is 1. The van der Waals surface area contributed by atoms with Crippen LogP contribution in [0.25, 0.3) is 0 Å². The van der Waals surface area contributed by atoms with E-state index in [2.05, 4.69) is 16.0 Å². The van der Waals surface area contributed by atoms with Crippen LogP contribution in [0.4, 0.5) is 10.8 Å². The van der Waals surface area contributed by atoms with Crippen molar-refractivity contribution in [2.75, 3.05) is 11.9 Å². The number of nitro groups is 1. The Labute approximate surface area is 183 Å². The maximum atomic E-state index is 12.3. The quantitative estimate of drug-likeness (QED) is 0.522. The van der Waals surface area contributed by atoms with Crippen LogP contribution in [0.5, 0.6) is 0 Å². The Kier molecular flexibility index (Phi) is 5.00. The summed E-state index contributed by atoms with van der Waals surface area (Å²) in [6, 6.07) is 5.41. The third-order valence-corrected chi connectivity index (χ3v) is 7.82. The molecule has 4 bridgehead atoms. The monoisotopic (exact) mass is 440 g/mol. The molecule has 1 heterocycles. The van der Waals surface area contributed by atoms with Crippen molar-refractivity contribution in [2.24, 2.45) is 17.8 Å². The molecule has 0 aliphatic heterocycles. The van der Waals surface area contributed by atoms with E-state index < -0.39 is 10.8 Å². The Morgan fingerprint density at radius 1 is 1.16 bits per heavy atom. The minimum absolute atomic E-state index is 0.139. The maximum Gasteiger partial charge on any atom is 0.270 e. The molecule has 8 nitrogen and oxygen atoms in total. The van der Waals surface area contributed by atoms with E-state index in [0.717, 1.165) is 23.4 Å². The van der Waals surface area contributed by atoms with Crippen LogP contribution < -0.4 is 10.6 Å². The van der Waals surface area contributed by atoms with Gasteiger partial charge in [0.05, 0.1) is 17.2 Å². The van der Waals surface area contributed by atoms with Crippen LogP contribution in [0.15, 0.2) is 29.6 Å². The number of non-ortho nitro benzene ring substituents is 1. The average Bonchev–Trinajstić information content (AvgIpc) is 3.20. The molecule has 2 amide bonds. The standard InChI is InChI=1S/C22H24N4O4S/c27-19(11-23-20(28)16-2-1-3-17(7-16)26(29)30)25-21-24-18(12-31-21)22-8-13-4-14(9-22)6-15(5-13)10-22/h1-3,7,12-15H,4-6,8-11H2,(H,23,28)(H,24,25,27). The Morgan fingerprint density at radius 3 is 2.48 bits per heavy atom. The third kappa shape index (κ3) is 3.94. The predicted molar refractivity (Wildman–Crippen MR) is 116 cm³/mol. The number of rotatable bonds is 6. The minimum atomic E-state index is -0.562. The summed E-state index contributed by atoms with van der Waals surface area (Å²) in [5, 5.41) is 18.8. The largest absolute Gasteiger partial charge is 0.343 e. The van der Waals surface area contributed by atoms with Crippen LogP contribution in [0, 0.1) is 27.9 Å². The van der Waals surface area contributed by atoms with Gasteiger partial charge in [0.2, 0.25) is 5.91 Å². The Balaban J connectivity index is 1.19. The molecule has 9 heteroatoms. The van der Waals surface area contributed by atoms with Crippen LogP contribution in [0.2, 0.25) is 0 Å². The van der Waals surface area contributed by atoms with Gasteiger partial charge in [-0.2, -0.15) is 0 Å². The average molecular weight is 441 g/mol. The zero-order valence-corrected chi connectivity index (χ0v) is 17.8. The second-order valence-corrected chi connectivity index (χ2v) is 10.1. The van der Waals surface area contributed by atoms with Crippen LogP contribution in [0.3, 0.4) is 0 Å². The number of carbonyl (C=O) groups excluding carboxylic acids is 2. The van der Waals surface area contributed by atoms with Gasteiger partial charge in [0, 0.05) is 28.5 Å². The van der Waals surface area contributed by atoms with E-state index in [4.69, 9.17) is 4.98 Å². The minimum Gasteiger partial charge on any atom is -0.343 e. The van der Waals surface area contributed by atoms with Gasteiger partial charge in [-0.3, -0.25) is 19.7 Å². The number of hydrogen-bond donors (Lipinski definition) is 2. The Bertz CT molecular complexity index is 1010. The fraction of sp³-hybridized carbons (Fsp3) is 0.500. The highest BCUT2D eigenvalue weighted by Crippen LogP contribution is 2.60. The molecule has 31 heavy (non-hydrogen) atoms. The highest BCUT2D eigenvalue weighted by molar-refractivity contribution is 7.14. The van der Waals surface area contributed by atoms with Crippen molar-refractivity contribution in [3.63, 3.8) is 0 Å². The van der Waals surface area contributed by atoms with Crippen molar-refractivity contribution in [2.45, 2.75) is 43.9 Å². The van der Waals surface area contributed by atoms with Gasteiger partial charge in [0.25, 0.3) is 11.6 Å². The van der Waals surface area contributed by atoms with Crippen molar-refractivity contribution >= 4 is 34.0 Å². The number of anilines is 1. The molecule has 0 atom stereocenters. The lowest BCUT2D eigenvalue weighted by atomic mass is 9.49. The lowest BCUT2D eigenvalue weighted by molar-refractivity contribution is -0.384. The van der Waals surface area contributed by atoms with E-state index in [-0.39, 0.29) is 29.1 Å². The molecule has 4 fully saturated rings. The third-order valence-electron chi connectivity index (χ3n) is 7.06. The molecular weight excluding hydrogens is 416 g/mol. The molecule has 0 unspecified atom stereocenters. The Hall–Kier alpha value is -2.81. The fourth-order valence-corrected chi connectivity index (χ4v) is 7.04. The molecular formula is C22H24N4O4S. The van der Waals surface area contributed by atoms with Gasteiger partial charge in [-0.05, 0) is 62.3 Å². The first-order valence-electron chi connectivity index (χ1n) is 10.7. The van der Waals surface area contributed by atoms with Crippen molar-refractivity contribution < 1.29 is 14.5 Å². The number of hydrogen-bond acceptors (Lipinski definition) is 6. The molecule has 0 spiro atoms. The van der Waals surface area contributed by atoms with E-state index in [0.29, 0.717) is 5.13 Å². The number of carbonyl (C=O) groups is 2. The highest BCUT2D eigenvalue weighted by atomic mass is 32.1. The summed E-state index contributed by atoms with van der Waals surface area (Å²) in [5.74, 6) is 1.58. The van der Waals surface area contributed by atoms with Crippen molar-refractivity contribution in [3.05, 3.63) is 51.0 Å². The number of aromatic nitrogens is 1. The van der Waals surface area contributed by atoms with E-state index in [1.807, 2.05) is 0 Å². The summed E-state index contributed by atoms with van der Waals surface area (Å²) in [6.45, 7) is -0.228. The van der Waals surface area contributed by atoms with Crippen molar-refractivity contribution in [1.29, 1.82) is 0 Å². The van der Waals surface area contributed by atoms with E-state index in [9.17, 15) is 19.7 Å². The summed E-state index contributed by atoms with van der Waals surface area (Å²) in [7, 11) is 0. The number of nitrogens with one attached hydrogen (secondary N) is 2. The second kappa shape index (κ2) is 7.71. The molecule has 4 aliphatic carbocycles. The number of amides is 2.